The van der Waals surface area contributed by atoms with Crippen LogP contribution in [0.5, 0.6) is 0 Å². The lowest BCUT2D eigenvalue weighted by Gasteiger charge is -2.27. The first kappa shape index (κ1) is 17.8. The number of fused-ring (bicyclic) bond motifs is 2. The van der Waals surface area contributed by atoms with Crippen molar-refractivity contribution in [1.29, 1.82) is 0 Å². The molecule has 6 nitrogen and oxygen atoms in total. The SMILES string of the molecule is CCOC(=O)c1nn(CC)c2c1CN(Cc1cn(C)c3ccccc13)CC2. The number of rotatable bonds is 5. The van der Waals surface area contributed by atoms with Crippen molar-refractivity contribution in [3.05, 3.63) is 53.0 Å². The van der Waals surface area contributed by atoms with Crippen molar-refractivity contribution in [2.75, 3.05) is 13.2 Å². The van der Waals surface area contributed by atoms with Gasteiger partial charge in [-0.1, -0.05) is 18.2 Å². The summed E-state index contributed by atoms with van der Waals surface area (Å²) < 4.78 is 9.36. The van der Waals surface area contributed by atoms with E-state index in [2.05, 4.69) is 59.0 Å². The largest absolute Gasteiger partial charge is 0.461 e. The number of nitrogens with zero attached hydrogens (tertiary/aromatic N) is 4. The molecular weight excluding hydrogens is 340 g/mol. The molecule has 142 valence electrons. The molecule has 0 amide bonds. The minimum Gasteiger partial charge on any atom is -0.461 e. The third-order valence-electron chi connectivity index (χ3n) is 5.35. The summed E-state index contributed by atoms with van der Waals surface area (Å²) in [6.45, 7) is 7.58. The van der Waals surface area contributed by atoms with Crippen molar-refractivity contribution in [1.82, 2.24) is 19.2 Å². The fourth-order valence-electron chi connectivity index (χ4n) is 4.10. The average molecular weight is 366 g/mol. The van der Waals surface area contributed by atoms with E-state index in [0.29, 0.717) is 12.3 Å². The maximum Gasteiger partial charge on any atom is 0.359 e. The fraction of sp³-hybridized carbons (Fsp3) is 0.429. The first-order valence-electron chi connectivity index (χ1n) is 9.63. The van der Waals surface area contributed by atoms with Crippen molar-refractivity contribution >= 4 is 16.9 Å². The number of para-hydroxylation sites is 1. The lowest BCUT2D eigenvalue weighted by atomic mass is 10.0. The molecule has 0 atom stereocenters. The topological polar surface area (TPSA) is 52.3 Å². The minimum atomic E-state index is -0.312. The molecule has 0 spiro atoms. The highest BCUT2D eigenvalue weighted by atomic mass is 16.5. The van der Waals surface area contributed by atoms with E-state index >= 15 is 0 Å². The van der Waals surface area contributed by atoms with Gasteiger partial charge in [0.15, 0.2) is 5.69 Å². The van der Waals surface area contributed by atoms with Crippen LogP contribution in [0.4, 0.5) is 0 Å². The molecule has 1 aromatic carbocycles. The summed E-state index contributed by atoms with van der Waals surface area (Å²) in [5.41, 5.74) is 5.25. The Balaban J connectivity index is 1.62. The summed E-state index contributed by atoms with van der Waals surface area (Å²) in [7, 11) is 2.09. The van der Waals surface area contributed by atoms with Gasteiger partial charge < -0.3 is 9.30 Å². The summed E-state index contributed by atoms with van der Waals surface area (Å²) in [6.07, 6.45) is 3.11. The number of esters is 1. The standard InChI is InChI=1S/C21H26N4O2/c1-4-25-19-10-11-24(14-17(19)20(22-25)21(26)27-5-2)13-15-12-23(3)18-9-7-6-8-16(15)18/h6-9,12H,4-5,10-11,13-14H2,1-3H3. The Kier molecular flexibility index (Phi) is 4.74. The van der Waals surface area contributed by atoms with Crippen LogP contribution in [0.25, 0.3) is 10.9 Å². The summed E-state index contributed by atoms with van der Waals surface area (Å²) in [6, 6.07) is 8.49. The molecule has 0 fully saturated rings. The van der Waals surface area contributed by atoms with E-state index in [0.717, 1.165) is 38.2 Å². The van der Waals surface area contributed by atoms with E-state index in [4.69, 9.17) is 4.74 Å². The Labute approximate surface area is 159 Å². The predicted octanol–water partition coefficient (Wildman–Crippen LogP) is 3.13. The quantitative estimate of drug-likeness (QED) is 0.651. The summed E-state index contributed by atoms with van der Waals surface area (Å²) in [4.78, 5) is 14.8. The number of hydrogen-bond acceptors (Lipinski definition) is 4. The molecule has 2 aromatic heterocycles. The van der Waals surface area contributed by atoms with Gasteiger partial charge in [0.25, 0.3) is 0 Å². The molecule has 0 unspecified atom stereocenters. The van der Waals surface area contributed by atoms with Crippen LogP contribution in [0.15, 0.2) is 30.5 Å². The first-order chi connectivity index (χ1) is 13.1. The van der Waals surface area contributed by atoms with Crippen molar-refractivity contribution < 1.29 is 9.53 Å². The maximum atomic E-state index is 12.4. The number of carbonyl (C=O) groups excluding carboxylic acids is 1. The highest BCUT2D eigenvalue weighted by molar-refractivity contribution is 5.89. The van der Waals surface area contributed by atoms with Crippen molar-refractivity contribution in [2.24, 2.45) is 7.05 Å². The predicted molar refractivity (Wildman–Crippen MR) is 105 cm³/mol. The normalized spacial score (nSPS) is 14.5. The third-order valence-corrected chi connectivity index (χ3v) is 5.35. The van der Waals surface area contributed by atoms with E-state index in [-0.39, 0.29) is 5.97 Å². The number of aromatic nitrogens is 3. The van der Waals surface area contributed by atoms with Crippen molar-refractivity contribution in [2.45, 2.75) is 39.9 Å². The molecule has 6 heteroatoms. The summed E-state index contributed by atoms with van der Waals surface area (Å²) in [5.74, 6) is -0.312. The van der Waals surface area contributed by atoms with Gasteiger partial charge in [0.2, 0.25) is 0 Å². The zero-order valence-corrected chi connectivity index (χ0v) is 16.2. The lowest BCUT2D eigenvalue weighted by Crippen LogP contribution is -2.31. The Bertz CT molecular complexity index is 986. The highest BCUT2D eigenvalue weighted by Crippen LogP contribution is 2.27. The molecule has 27 heavy (non-hydrogen) atoms. The molecule has 0 saturated heterocycles. The highest BCUT2D eigenvalue weighted by Gasteiger charge is 2.28. The molecule has 1 aliphatic rings. The van der Waals surface area contributed by atoms with Crippen LogP contribution in [0.1, 0.15) is 41.2 Å². The average Bonchev–Trinajstić information content (AvgIpc) is 3.20. The Hall–Kier alpha value is -2.60. The second kappa shape index (κ2) is 7.19. The van der Waals surface area contributed by atoms with E-state index in [1.165, 1.54) is 22.2 Å². The molecule has 0 aliphatic carbocycles. The smallest absolute Gasteiger partial charge is 0.359 e. The molecule has 3 heterocycles. The Morgan fingerprint density at radius 2 is 2.07 bits per heavy atom. The van der Waals surface area contributed by atoms with Gasteiger partial charge in [0.05, 0.1) is 6.61 Å². The zero-order chi connectivity index (χ0) is 19.0. The Morgan fingerprint density at radius 1 is 1.26 bits per heavy atom. The number of benzene rings is 1. The molecule has 3 aromatic rings. The second-order valence-electron chi connectivity index (χ2n) is 7.05. The van der Waals surface area contributed by atoms with Gasteiger partial charge in [-0.15, -0.1) is 0 Å². The van der Waals surface area contributed by atoms with E-state index in [1.807, 2.05) is 11.6 Å². The molecule has 0 N–H and O–H groups in total. The minimum absolute atomic E-state index is 0.312. The maximum absolute atomic E-state index is 12.4. The Morgan fingerprint density at radius 3 is 2.85 bits per heavy atom. The number of hydrogen-bond donors (Lipinski definition) is 0. The first-order valence-corrected chi connectivity index (χ1v) is 9.63. The number of aryl methyl sites for hydroxylation is 2. The van der Waals surface area contributed by atoms with Gasteiger partial charge in [0.1, 0.15) is 0 Å². The van der Waals surface area contributed by atoms with Crippen LogP contribution in [0, 0.1) is 0 Å². The molecular formula is C21H26N4O2. The van der Waals surface area contributed by atoms with Crippen LogP contribution in [0.3, 0.4) is 0 Å². The second-order valence-corrected chi connectivity index (χ2v) is 7.05. The number of carbonyl (C=O) groups is 1. The lowest BCUT2D eigenvalue weighted by molar-refractivity contribution is 0.0515. The monoisotopic (exact) mass is 366 g/mol. The van der Waals surface area contributed by atoms with E-state index < -0.39 is 0 Å². The molecule has 0 radical (unpaired) electrons. The summed E-state index contributed by atoms with van der Waals surface area (Å²) >= 11 is 0. The summed E-state index contributed by atoms with van der Waals surface area (Å²) in [5, 5.41) is 5.83. The van der Waals surface area contributed by atoms with Gasteiger partial charge >= 0.3 is 5.97 Å². The molecule has 1 aliphatic heterocycles. The van der Waals surface area contributed by atoms with Crippen molar-refractivity contribution in [3.8, 4) is 0 Å². The van der Waals surface area contributed by atoms with E-state index in [1.54, 1.807) is 0 Å². The van der Waals surface area contributed by atoms with Crippen LogP contribution < -0.4 is 0 Å². The third kappa shape index (κ3) is 3.14. The van der Waals surface area contributed by atoms with Crippen LogP contribution in [0.2, 0.25) is 0 Å². The van der Waals surface area contributed by atoms with Gasteiger partial charge in [-0.3, -0.25) is 9.58 Å². The zero-order valence-electron chi connectivity index (χ0n) is 16.2. The van der Waals surface area contributed by atoms with Crippen LogP contribution in [-0.2, 0) is 37.8 Å². The fourth-order valence-corrected chi connectivity index (χ4v) is 4.10. The number of ether oxygens (including phenoxy) is 1. The molecule has 0 saturated carbocycles. The van der Waals surface area contributed by atoms with Crippen LogP contribution in [-0.4, -0.2) is 38.4 Å². The van der Waals surface area contributed by atoms with Crippen LogP contribution >= 0.6 is 0 Å². The van der Waals surface area contributed by atoms with Gasteiger partial charge in [0, 0.05) is 68.0 Å². The van der Waals surface area contributed by atoms with Gasteiger partial charge in [-0.05, 0) is 25.5 Å². The van der Waals surface area contributed by atoms with Gasteiger partial charge in [-0.25, -0.2) is 4.79 Å². The molecule has 4 rings (SSSR count). The van der Waals surface area contributed by atoms with E-state index in [9.17, 15) is 4.79 Å². The molecule has 0 bridgehead atoms. The van der Waals surface area contributed by atoms with Gasteiger partial charge in [-0.2, -0.15) is 5.10 Å². The van der Waals surface area contributed by atoms with Crippen molar-refractivity contribution in [3.63, 3.8) is 0 Å².